The summed E-state index contributed by atoms with van der Waals surface area (Å²) < 4.78 is 48.9. The number of nitrogens with one attached hydrogen (secondary N) is 1. The highest BCUT2D eigenvalue weighted by Gasteiger charge is 2.24. The van der Waals surface area contributed by atoms with E-state index in [4.69, 9.17) is 0 Å². The average Bonchev–Trinajstić information content (AvgIpc) is 2.35. The van der Waals surface area contributed by atoms with Crippen molar-refractivity contribution in [1.82, 2.24) is 5.32 Å². The Bertz CT molecular complexity index is 615. The van der Waals surface area contributed by atoms with E-state index in [9.17, 15) is 27.0 Å². The van der Waals surface area contributed by atoms with Crippen LogP contribution in [0.15, 0.2) is 24.3 Å². The average molecular weight is 304 g/mol. The monoisotopic (exact) mass is 304 g/mol. The lowest BCUT2D eigenvalue weighted by molar-refractivity contribution is -0.142. The Balaban J connectivity index is 2.91. The lowest BCUT2D eigenvalue weighted by Gasteiger charge is -2.17. The van der Waals surface area contributed by atoms with Crippen LogP contribution < -0.4 is 5.32 Å². The van der Waals surface area contributed by atoms with Gasteiger partial charge in [-0.15, -0.1) is 0 Å². The van der Waals surface area contributed by atoms with Gasteiger partial charge in [0.05, 0.1) is 7.11 Å². The Morgan fingerprint density at radius 1 is 1.45 bits per heavy atom. The third kappa shape index (κ3) is 4.59. The summed E-state index contributed by atoms with van der Waals surface area (Å²) in [5.74, 6) is -1.51. The van der Waals surface area contributed by atoms with Crippen LogP contribution in [-0.4, -0.2) is 37.3 Å². The molecule has 0 aliphatic rings. The number of esters is 1. The normalized spacial score (nSPS) is 12.6. The molecule has 0 heterocycles. The first-order valence-electron chi connectivity index (χ1n) is 5.32. The van der Waals surface area contributed by atoms with Crippen molar-refractivity contribution in [2.24, 2.45) is 0 Å². The number of hydrogen-bond acceptors (Lipinski definition) is 6. The van der Waals surface area contributed by atoms with Gasteiger partial charge in [-0.2, -0.15) is 0 Å². The summed E-state index contributed by atoms with van der Waals surface area (Å²) in [6, 6.07) is 3.73. The Hall–Kier alpha value is -2.00. The Morgan fingerprint density at radius 2 is 2.10 bits per heavy atom. The van der Waals surface area contributed by atoms with Crippen molar-refractivity contribution in [2.45, 2.75) is 12.5 Å². The molecular formula is C11H11FNO6S-. The van der Waals surface area contributed by atoms with E-state index in [-0.39, 0.29) is 6.42 Å². The summed E-state index contributed by atoms with van der Waals surface area (Å²) in [5.41, 5.74) is 0.323. The second-order valence-electron chi connectivity index (χ2n) is 3.80. The molecule has 1 unspecified atom stereocenters. The largest absolute Gasteiger partial charge is 0.740 e. The molecule has 1 N–H and O–H groups in total. The quantitative estimate of drug-likeness (QED) is 0.626. The number of hydrogen-bond donors (Lipinski definition) is 1. The highest BCUT2D eigenvalue weighted by atomic mass is 32.2. The lowest BCUT2D eigenvalue weighted by Crippen LogP contribution is -2.45. The van der Waals surface area contributed by atoms with E-state index >= 15 is 0 Å². The van der Waals surface area contributed by atoms with Gasteiger partial charge in [-0.1, -0.05) is 12.1 Å². The van der Waals surface area contributed by atoms with Gasteiger partial charge >= 0.3 is 11.2 Å². The molecule has 0 saturated heterocycles. The summed E-state index contributed by atoms with van der Waals surface area (Å²) in [5, 5.41) is -0.104. The maximum absolute atomic E-state index is 13.0. The highest BCUT2D eigenvalue weighted by molar-refractivity contribution is 8.01. The molecule has 1 rings (SSSR count). The Morgan fingerprint density at radius 3 is 2.60 bits per heavy atom. The lowest BCUT2D eigenvalue weighted by atomic mass is 10.1. The molecule has 1 amide bonds. The maximum Gasteiger partial charge on any atom is 0.328 e. The minimum Gasteiger partial charge on any atom is -0.740 e. The zero-order valence-electron chi connectivity index (χ0n) is 10.3. The molecule has 110 valence electrons. The molecule has 0 saturated carbocycles. The van der Waals surface area contributed by atoms with Gasteiger partial charge in [-0.05, 0) is 17.7 Å². The van der Waals surface area contributed by atoms with Gasteiger partial charge in [0, 0.05) is 6.42 Å². The molecule has 0 radical (unpaired) electrons. The molecule has 1 aromatic carbocycles. The van der Waals surface area contributed by atoms with Crippen molar-refractivity contribution in [1.29, 1.82) is 0 Å². The number of halogens is 1. The van der Waals surface area contributed by atoms with E-state index in [1.54, 1.807) is 5.32 Å². The molecular weight excluding hydrogens is 293 g/mol. The first kappa shape index (κ1) is 16.1. The van der Waals surface area contributed by atoms with Crippen molar-refractivity contribution < 1.29 is 31.7 Å². The smallest absolute Gasteiger partial charge is 0.328 e. The maximum atomic E-state index is 13.0. The predicted octanol–water partition coefficient (Wildman–Crippen LogP) is 0.165. The van der Waals surface area contributed by atoms with Crippen molar-refractivity contribution in [3.63, 3.8) is 0 Å². The fourth-order valence-corrected chi connectivity index (χ4v) is 1.74. The van der Waals surface area contributed by atoms with E-state index in [0.29, 0.717) is 5.56 Å². The fraction of sp³-hybridized carbons (Fsp3) is 0.273. The number of carbonyl (C=O) groups excluding carboxylic acids is 2. The molecule has 1 atom stereocenters. The number of carbonyl (C=O) groups is 2. The Labute approximate surface area is 114 Å². The van der Waals surface area contributed by atoms with Crippen LogP contribution in [-0.2, 0) is 26.1 Å². The number of benzene rings is 1. The number of ether oxygens (including phenoxy) is 1. The second-order valence-corrected chi connectivity index (χ2v) is 5.07. The molecule has 0 bridgehead atoms. The van der Waals surface area contributed by atoms with Crippen LogP contribution >= 0.6 is 0 Å². The van der Waals surface area contributed by atoms with Crippen LogP contribution in [0.4, 0.5) is 9.18 Å². The molecule has 0 spiro atoms. The van der Waals surface area contributed by atoms with E-state index < -0.39 is 33.2 Å². The van der Waals surface area contributed by atoms with Crippen molar-refractivity contribution in [3.8, 4) is 0 Å². The van der Waals surface area contributed by atoms with Crippen LogP contribution in [0.2, 0.25) is 0 Å². The SMILES string of the molecule is COC(=O)C(Cc1cccc(F)c1)NC(=O)S(=O)(=O)[O-]. The summed E-state index contributed by atoms with van der Waals surface area (Å²) in [6.07, 6.45) is -0.217. The first-order valence-corrected chi connectivity index (χ1v) is 6.73. The molecule has 0 aliphatic heterocycles. The third-order valence-corrected chi connectivity index (χ3v) is 2.91. The molecule has 0 fully saturated rings. The van der Waals surface area contributed by atoms with Gasteiger partial charge in [0.15, 0.2) is 10.1 Å². The minimum absolute atomic E-state index is 0.217. The van der Waals surface area contributed by atoms with E-state index in [2.05, 4.69) is 4.74 Å². The molecule has 20 heavy (non-hydrogen) atoms. The zero-order valence-corrected chi connectivity index (χ0v) is 11.1. The summed E-state index contributed by atoms with van der Waals surface area (Å²) >= 11 is 0. The number of rotatable bonds is 4. The van der Waals surface area contributed by atoms with Crippen LogP contribution in [0, 0.1) is 5.82 Å². The van der Waals surface area contributed by atoms with E-state index in [1.165, 1.54) is 18.2 Å². The third-order valence-electron chi connectivity index (χ3n) is 2.33. The summed E-state index contributed by atoms with van der Waals surface area (Å²) in [7, 11) is -4.20. The number of methoxy groups -OCH3 is 1. The molecule has 9 heteroatoms. The van der Waals surface area contributed by atoms with E-state index in [0.717, 1.165) is 13.2 Å². The van der Waals surface area contributed by atoms with Crippen LogP contribution in [0.5, 0.6) is 0 Å². The van der Waals surface area contributed by atoms with Gasteiger partial charge in [-0.25, -0.2) is 17.6 Å². The Kier molecular flexibility index (Phi) is 5.17. The second kappa shape index (κ2) is 6.44. The predicted molar refractivity (Wildman–Crippen MR) is 64.1 cm³/mol. The standard InChI is InChI=1S/C11H12FNO6S/c1-19-10(14)9(13-11(15)20(16,17)18)6-7-3-2-4-8(12)5-7/h2-5,9H,6H2,1H3,(H,13,15)(H,16,17,18)/p-1. The topological polar surface area (TPSA) is 113 Å². The molecule has 0 aliphatic carbocycles. The molecule has 0 aromatic heterocycles. The molecule has 7 nitrogen and oxygen atoms in total. The van der Waals surface area contributed by atoms with Crippen LogP contribution in [0.25, 0.3) is 0 Å². The highest BCUT2D eigenvalue weighted by Crippen LogP contribution is 2.08. The van der Waals surface area contributed by atoms with Gasteiger partial charge in [0.2, 0.25) is 0 Å². The number of amides is 1. The van der Waals surface area contributed by atoms with Crippen LogP contribution in [0.3, 0.4) is 0 Å². The molecule has 1 aromatic rings. The van der Waals surface area contributed by atoms with Crippen molar-refractivity contribution >= 4 is 21.3 Å². The fourth-order valence-electron chi connectivity index (χ4n) is 1.45. The van der Waals surface area contributed by atoms with Gasteiger partial charge in [0.25, 0.3) is 0 Å². The minimum atomic E-state index is -5.22. The van der Waals surface area contributed by atoms with Crippen molar-refractivity contribution in [3.05, 3.63) is 35.6 Å². The first-order chi connectivity index (χ1) is 9.24. The van der Waals surface area contributed by atoms with Gasteiger partial charge in [-0.3, -0.25) is 4.79 Å². The summed E-state index contributed by atoms with van der Waals surface area (Å²) in [4.78, 5) is 22.5. The van der Waals surface area contributed by atoms with E-state index in [1.807, 2.05) is 0 Å². The van der Waals surface area contributed by atoms with Gasteiger partial charge in [0.1, 0.15) is 11.9 Å². The summed E-state index contributed by atoms with van der Waals surface area (Å²) in [6.45, 7) is 0. The van der Waals surface area contributed by atoms with Crippen molar-refractivity contribution in [2.75, 3.05) is 7.11 Å². The van der Waals surface area contributed by atoms with Crippen LogP contribution in [0.1, 0.15) is 5.56 Å². The van der Waals surface area contributed by atoms with Gasteiger partial charge < -0.3 is 14.6 Å². The zero-order chi connectivity index (χ0) is 15.3.